The highest BCUT2D eigenvalue weighted by Gasteiger charge is 2.31. The lowest BCUT2D eigenvalue weighted by molar-refractivity contribution is -0.137. The van der Waals surface area contributed by atoms with Crippen LogP contribution >= 0.6 is 0 Å². The Hall–Kier alpha value is -3.60. The van der Waals surface area contributed by atoms with E-state index in [4.69, 9.17) is 14.0 Å². The van der Waals surface area contributed by atoms with E-state index in [9.17, 15) is 18.0 Å². The molecule has 2 aromatic carbocycles. The minimum atomic E-state index is -4.47. The van der Waals surface area contributed by atoms with E-state index in [2.05, 4.69) is 15.5 Å². The van der Waals surface area contributed by atoms with Gasteiger partial charge in [0.1, 0.15) is 0 Å². The smallest absolute Gasteiger partial charge is 0.416 e. The molecule has 3 aromatic rings. The maximum absolute atomic E-state index is 12.9. The van der Waals surface area contributed by atoms with Gasteiger partial charge in [-0.2, -0.15) is 18.2 Å². The molecule has 1 aliphatic rings. The molecule has 0 saturated carbocycles. The van der Waals surface area contributed by atoms with Crippen LogP contribution in [0.1, 0.15) is 24.3 Å². The van der Waals surface area contributed by atoms with E-state index in [0.29, 0.717) is 48.3 Å². The summed E-state index contributed by atoms with van der Waals surface area (Å²) in [5.41, 5.74) is 0.0234. The topological polar surface area (TPSA) is 89.7 Å². The lowest BCUT2D eigenvalue weighted by Crippen LogP contribution is -2.40. The SMILES string of the molecule is COc1ccc(-c2noc(CN3CCCC(C(=O)Nc4cccc(C(F)(F)F)c4)C3)n2)cc1OC. The number of rotatable bonds is 7. The summed E-state index contributed by atoms with van der Waals surface area (Å²) >= 11 is 0. The molecule has 1 aliphatic heterocycles. The molecule has 1 saturated heterocycles. The second-order valence-corrected chi connectivity index (χ2v) is 8.22. The molecule has 0 bridgehead atoms. The van der Waals surface area contributed by atoms with Crippen LogP contribution in [0, 0.1) is 5.92 Å². The van der Waals surface area contributed by atoms with Crippen molar-refractivity contribution in [3.63, 3.8) is 0 Å². The number of carbonyl (C=O) groups is 1. The van der Waals surface area contributed by atoms with Crippen LogP contribution in [-0.4, -0.2) is 48.3 Å². The van der Waals surface area contributed by atoms with Crippen molar-refractivity contribution in [1.29, 1.82) is 0 Å². The van der Waals surface area contributed by atoms with Crippen molar-refractivity contribution in [2.75, 3.05) is 32.6 Å². The van der Waals surface area contributed by atoms with Gasteiger partial charge in [-0.25, -0.2) is 0 Å². The van der Waals surface area contributed by atoms with Crippen molar-refractivity contribution in [3.8, 4) is 22.9 Å². The number of aromatic nitrogens is 2. The third-order valence-electron chi connectivity index (χ3n) is 5.80. The lowest BCUT2D eigenvalue weighted by Gasteiger charge is -2.30. The average Bonchev–Trinajstić information content (AvgIpc) is 3.31. The monoisotopic (exact) mass is 490 g/mol. The quantitative estimate of drug-likeness (QED) is 0.517. The number of halogens is 3. The second kappa shape index (κ2) is 10.3. The highest BCUT2D eigenvalue weighted by atomic mass is 19.4. The molecule has 0 spiro atoms. The zero-order valence-corrected chi connectivity index (χ0v) is 19.3. The van der Waals surface area contributed by atoms with Gasteiger partial charge in [-0.05, 0) is 55.8 Å². The number of carbonyl (C=O) groups excluding carboxylic acids is 1. The zero-order chi connectivity index (χ0) is 25.0. The van der Waals surface area contributed by atoms with Crippen LogP contribution in [0.4, 0.5) is 18.9 Å². The Morgan fingerprint density at radius 3 is 2.71 bits per heavy atom. The Kier molecular flexibility index (Phi) is 7.25. The van der Waals surface area contributed by atoms with E-state index >= 15 is 0 Å². The average molecular weight is 490 g/mol. The van der Waals surface area contributed by atoms with Crippen molar-refractivity contribution in [1.82, 2.24) is 15.0 Å². The van der Waals surface area contributed by atoms with E-state index in [1.54, 1.807) is 32.4 Å². The number of hydrogen-bond donors (Lipinski definition) is 1. The molecule has 0 radical (unpaired) electrons. The summed E-state index contributed by atoms with van der Waals surface area (Å²) in [4.78, 5) is 19.2. The molecule has 4 rings (SSSR count). The number of methoxy groups -OCH3 is 2. The lowest BCUT2D eigenvalue weighted by atomic mass is 9.97. The van der Waals surface area contributed by atoms with Gasteiger partial charge < -0.3 is 19.3 Å². The summed E-state index contributed by atoms with van der Waals surface area (Å²) in [7, 11) is 3.09. The maximum Gasteiger partial charge on any atom is 0.416 e. The van der Waals surface area contributed by atoms with E-state index in [1.807, 2.05) is 4.90 Å². The molecule has 1 aromatic heterocycles. The molecular weight excluding hydrogens is 465 g/mol. The molecule has 1 atom stereocenters. The van der Waals surface area contributed by atoms with Crippen LogP contribution in [0.2, 0.25) is 0 Å². The number of benzene rings is 2. The summed E-state index contributed by atoms with van der Waals surface area (Å²) in [5.74, 6) is 1.24. The first-order valence-electron chi connectivity index (χ1n) is 11.0. The Bertz CT molecular complexity index is 1180. The number of piperidine rings is 1. The van der Waals surface area contributed by atoms with E-state index < -0.39 is 11.7 Å². The minimum absolute atomic E-state index is 0.124. The standard InChI is InChI=1S/C24H25F3N4O4/c1-33-19-9-8-15(11-20(19)34-2)22-29-21(35-30-22)14-31-10-4-5-16(13-31)23(32)28-18-7-3-6-17(12-18)24(25,26)27/h3,6-9,11-12,16H,4-5,10,13-14H2,1-2H3,(H,28,32). The van der Waals surface area contributed by atoms with Gasteiger partial charge in [-0.15, -0.1) is 0 Å². The number of likely N-dealkylation sites (tertiary alicyclic amines) is 1. The predicted molar refractivity (Wildman–Crippen MR) is 121 cm³/mol. The van der Waals surface area contributed by atoms with Crippen LogP contribution < -0.4 is 14.8 Å². The summed E-state index contributed by atoms with van der Waals surface area (Å²) in [6.07, 6.45) is -3.07. The van der Waals surface area contributed by atoms with Crippen molar-refractivity contribution < 1.29 is 32.0 Å². The molecule has 1 N–H and O–H groups in total. The molecule has 8 nitrogen and oxygen atoms in total. The highest BCUT2D eigenvalue weighted by Crippen LogP contribution is 2.32. The Morgan fingerprint density at radius 1 is 1.17 bits per heavy atom. The predicted octanol–water partition coefficient (Wildman–Crippen LogP) is 4.62. The van der Waals surface area contributed by atoms with E-state index in [0.717, 1.165) is 25.1 Å². The van der Waals surface area contributed by atoms with Crippen LogP contribution in [0.25, 0.3) is 11.4 Å². The second-order valence-electron chi connectivity index (χ2n) is 8.22. The van der Waals surface area contributed by atoms with Crippen LogP contribution in [0.5, 0.6) is 11.5 Å². The highest BCUT2D eigenvalue weighted by molar-refractivity contribution is 5.92. The number of amides is 1. The number of nitrogens with zero attached hydrogens (tertiary/aromatic N) is 3. The molecule has 186 valence electrons. The molecule has 1 unspecified atom stereocenters. The number of alkyl halides is 3. The number of nitrogens with one attached hydrogen (secondary N) is 1. The minimum Gasteiger partial charge on any atom is -0.493 e. The van der Waals surface area contributed by atoms with Crippen LogP contribution in [-0.2, 0) is 17.5 Å². The van der Waals surface area contributed by atoms with E-state index in [-0.39, 0.29) is 17.5 Å². The van der Waals surface area contributed by atoms with Gasteiger partial charge in [-0.3, -0.25) is 9.69 Å². The Labute approximate surface area is 200 Å². The largest absolute Gasteiger partial charge is 0.493 e. The van der Waals surface area contributed by atoms with Gasteiger partial charge in [0.15, 0.2) is 11.5 Å². The fraction of sp³-hybridized carbons (Fsp3) is 0.375. The van der Waals surface area contributed by atoms with Crippen molar-refractivity contribution in [2.45, 2.75) is 25.6 Å². The summed E-state index contributed by atoms with van der Waals surface area (Å²) in [6.45, 7) is 1.52. The molecule has 1 amide bonds. The van der Waals surface area contributed by atoms with Gasteiger partial charge in [0.25, 0.3) is 0 Å². The first-order chi connectivity index (χ1) is 16.8. The third kappa shape index (κ3) is 5.91. The van der Waals surface area contributed by atoms with Crippen molar-refractivity contribution in [2.24, 2.45) is 5.92 Å². The normalized spacial score (nSPS) is 16.7. The molecule has 35 heavy (non-hydrogen) atoms. The number of anilines is 1. The maximum atomic E-state index is 12.9. The molecule has 11 heteroatoms. The van der Waals surface area contributed by atoms with Gasteiger partial charge in [0.05, 0.1) is 32.2 Å². The van der Waals surface area contributed by atoms with Crippen LogP contribution in [0.3, 0.4) is 0 Å². The first kappa shape index (κ1) is 24.5. The summed E-state index contributed by atoms with van der Waals surface area (Å²) in [5, 5.41) is 6.66. The first-order valence-corrected chi connectivity index (χ1v) is 11.0. The Balaban J connectivity index is 1.38. The molecule has 2 heterocycles. The van der Waals surface area contributed by atoms with Crippen molar-refractivity contribution in [3.05, 3.63) is 53.9 Å². The summed E-state index contributed by atoms with van der Waals surface area (Å²) in [6, 6.07) is 9.93. The molecule has 0 aliphatic carbocycles. The molecular formula is C24H25F3N4O4. The van der Waals surface area contributed by atoms with Crippen LogP contribution in [0.15, 0.2) is 47.0 Å². The fourth-order valence-electron chi connectivity index (χ4n) is 4.03. The van der Waals surface area contributed by atoms with Gasteiger partial charge in [0.2, 0.25) is 17.6 Å². The van der Waals surface area contributed by atoms with Crippen molar-refractivity contribution >= 4 is 11.6 Å². The van der Waals surface area contributed by atoms with Gasteiger partial charge in [-0.1, -0.05) is 11.2 Å². The third-order valence-corrected chi connectivity index (χ3v) is 5.80. The Morgan fingerprint density at radius 2 is 1.97 bits per heavy atom. The van der Waals surface area contributed by atoms with Gasteiger partial charge in [0, 0.05) is 17.8 Å². The number of hydrogen-bond acceptors (Lipinski definition) is 7. The fourth-order valence-corrected chi connectivity index (χ4v) is 4.03. The number of ether oxygens (including phenoxy) is 2. The molecule has 1 fully saturated rings. The summed E-state index contributed by atoms with van der Waals surface area (Å²) < 4.78 is 54.8. The van der Waals surface area contributed by atoms with E-state index in [1.165, 1.54) is 12.1 Å². The van der Waals surface area contributed by atoms with Gasteiger partial charge >= 0.3 is 6.18 Å². The zero-order valence-electron chi connectivity index (χ0n) is 19.3.